The molecule has 0 bridgehead atoms. The summed E-state index contributed by atoms with van der Waals surface area (Å²) >= 11 is 10.0. The topological polar surface area (TPSA) is 52.9 Å². The Morgan fingerprint density at radius 2 is 1.83 bits per heavy atom. The minimum absolute atomic E-state index is 0.0165. The summed E-state index contributed by atoms with van der Waals surface area (Å²) in [5.74, 6) is -0.449. The fourth-order valence-corrected chi connectivity index (χ4v) is 3.54. The quantitative estimate of drug-likeness (QED) is 0.343. The van der Waals surface area contributed by atoms with Crippen LogP contribution in [0.4, 0.5) is 5.69 Å². The molecule has 0 aliphatic carbocycles. The van der Waals surface area contributed by atoms with E-state index in [2.05, 4.69) is 21.2 Å². The first kappa shape index (κ1) is 20.9. The zero-order chi connectivity index (χ0) is 20.8. The highest BCUT2D eigenvalue weighted by Crippen LogP contribution is 2.26. The number of hydrogen-bond acceptors (Lipinski definition) is 2. The van der Waals surface area contributed by atoms with Gasteiger partial charge in [-0.2, -0.15) is 5.26 Å². The van der Waals surface area contributed by atoms with Gasteiger partial charge in [-0.05, 0) is 53.5 Å². The van der Waals surface area contributed by atoms with E-state index in [1.165, 1.54) is 0 Å². The Kier molecular flexibility index (Phi) is 6.87. The Balaban J connectivity index is 1.80. The molecule has 0 aliphatic rings. The van der Waals surface area contributed by atoms with Gasteiger partial charge in [0.25, 0.3) is 5.91 Å². The Morgan fingerprint density at radius 3 is 2.52 bits per heavy atom. The Hall–Kier alpha value is -2.87. The molecule has 0 saturated carbocycles. The smallest absolute Gasteiger partial charge is 0.266 e. The Bertz CT molecular complexity index is 1130. The predicted molar refractivity (Wildman–Crippen MR) is 122 cm³/mol. The molecule has 0 unspecified atom stereocenters. The lowest BCUT2D eigenvalue weighted by Crippen LogP contribution is -2.14. The van der Waals surface area contributed by atoms with Gasteiger partial charge in [-0.15, -0.1) is 0 Å². The second kappa shape index (κ2) is 9.56. The molecular weight excluding hydrogens is 448 g/mol. The summed E-state index contributed by atoms with van der Waals surface area (Å²) < 4.78 is 1.03. The normalized spacial score (nSPS) is 11.0. The lowest BCUT2D eigenvalue weighted by molar-refractivity contribution is -0.112. The number of carbonyl (C=O) groups excluding carboxylic acids is 1. The Morgan fingerprint density at radius 1 is 1.10 bits per heavy atom. The van der Waals surface area contributed by atoms with Crippen LogP contribution in [0, 0.1) is 18.3 Å². The standard InChI is InChI=1S/C24H18BrClN2O/c1-16-6-2-5-9-23(16)28-24(29)20(15-27)12-17-10-11-19(22(26)13-17)14-18-7-3-4-8-21(18)25/h2-13H,14H2,1H3,(H,28,29)/b20-12+. The third-order valence-electron chi connectivity index (χ3n) is 4.49. The maximum Gasteiger partial charge on any atom is 0.266 e. The molecule has 0 saturated heterocycles. The number of hydrogen-bond donors (Lipinski definition) is 1. The highest BCUT2D eigenvalue weighted by atomic mass is 79.9. The molecular formula is C24H18BrClN2O. The van der Waals surface area contributed by atoms with E-state index in [0.29, 0.717) is 22.7 Å². The molecule has 0 aromatic heterocycles. The van der Waals surface area contributed by atoms with Gasteiger partial charge in [-0.3, -0.25) is 4.79 Å². The van der Waals surface area contributed by atoms with Crippen molar-refractivity contribution < 1.29 is 4.79 Å². The van der Waals surface area contributed by atoms with Crippen molar-refractivity contribution in [3.8, 4) is 6.07 Å². The SMILES string of the molecule is Cc1ccccc1NC(=O)/C(C#N)=C/c1ccc(Cc2ccccc2Br)c(Cl)c1. The van der Waals surface area contributed by atoms with Crippen molar-refractivity contribution in [3.05, 3.63) is 104 Å². The molecule has 29 heavy (non-hydrogen) atoms. The van der Waals surface area contributed by atoms with Crippen molar-refractivity contribution in [1.29, 1.82) is 5.26 Å². The van der Waals surface area contributed by atoms with Crippen LogP contribution in [0.2, 0.25) is 5.02 Å². The Labute approximate surface area is 183 Å². The zero-order valence-corrected chi connectivity index (χ0v) is 18.1. The summed E-state index contributed by atoms with van der Waals surface area (Å²) in [5, 5.41) is 12.8. The maximum atomic E-state index is 12.5. The van der Waals surface area contributed by atoms with Gasteiger partial charge in [0.15, 0.2) is 0 Å². The van der Waals surface area contributed by atoms with E-state index in [0.717, 1.165) is 21.2 Å². The minimum Gasteiger partial charge on any atom is -0.321 e. The summed E-state index contributed by atoms with van der Waals surface area (Å²) in [6.07, 6.45) is 2.23. The van der Waals surface area contributed by atoms with E-state index in [1.54, 1.807) is 18.2 Å². The van der Waals surface area contributed by atoms with Crippen LogP contribution in [0.1, 0.15) is 22.3 Å². The third-order valence-corrected chi connectivity index (χ3v) is 5.61. The number of anilines is 1. The van der Waals surface area contributed by atoms with E-state index in [4.69, 9.17) is 11.6 Å². The summed E-state index contributed by atoms with van der Waals surface area (Å²) in [4.78, 5) is 12.5. The molecule has 0 radical (unpaired) electrons. The zero-order valence-electron chi connectivity index (χ0n) is 15.7. The molecule has 144 valence electrons. The molecule has 3 aromatic rings. The molecule has 3 rings (SSSR count). The van der Waals surface area contributed by atoms with Crippen LogP contribution in [0.3, 0.4) is 0 Å². The summed E-state index contributed by atoms with van der Waals surface area (Å²) in [6.45, 7) is 1.90. The number of benzene rings is 3. The van der Waals surface area contributed by atoms with Gasteiger partial charge in [-0.1, -0.05) is 76.1 Å². The molecule has 1 amide bonds. The van der Waals surface area contributed by atoms with Gasteiger partial charge in [0.05, 0.1) is 0 Å². The van der Waals surface area contributed by atoms with Crippen LogP contribution in [0.5, 0.6) is 0 Å². The number of nitrogens with one attached hydrogen (secondary N) is 1. The highest BCUT2D eigenvalue weighted by Gasteiger charge is 2.11. The van der Waals surface area contributed by atoms with Gasteiger partial charge in [0.1, 0.15) is 11.6 Å². The average Bonchev–Trinajstić information content (AvgIpc) is 2.71. The number of rotatable bonds is 5. The van der Waals surface area contributed by atoms with E-state index in [1.807, 2.05) is 67.6 Å². The number of aryl methyl sites for hydroxylation is 1. The number of halogens is 2. The van der Waals surface area contributed by atoms with Crippen LogP contribution in [0.15, 0.2) is 76.8 Å². The summed E-state index contributed by atoms with van der Waals surface area (Å²) in [6, 6.07) is 22.9. The van der Waals surface area contributed by atoms with Crippen molar-refractivity contribution in [3.63, 3.8) is 0 Å². The van der Waals surface area contributed by atoms with Crippen LogP contribution in [-0.4, -0.2) is 5.91 Å². The van der Waals surface area contributed by atoms with E-state index in [-0.39, 0.29) is 5.57 Å². The molecule has 0 atom stereocenters. The number of nitrogens with zero attached hydrogens (tertiary/aromatic N) is 1. The van der Waals surface area contributed by atoms with Gasteiger partial charge in [-0.25, -0.2) is 0 Å². The van der Waals surface area contributed by atoms with Crippen LogP contribution in [-0.2, 0) is 11.2 Å². The molecule has 1 N–H and O–H groups in total. The van der Waals surface area contributed by atoms with E-state index < -0.39 is 5.91 Å². The van der Waals surface area contributed by atoms with E-state index in [9.17, 15) is 10.1 Å². The number of para-hydroxylation sites is 1. The predicted octanol–water partition coefficient (Wildman–Crippen LogP) is 6.55. The van der Waals surface area contributed by atoms with Gasteiger partial charge < -0.3 is 5.32 Å². The molecule has 3 nitrogen and oxygen atoms in total. The van der Waals surface area contributed by atoms with Crippen LogP contribution >= 0.6 is 27.5 Å². The van der Waals surface area contributed by atoms with Crippen molar-refractivity contribution in [2.75, 3.05) is 5.32 Å². The second-order valence-electron chi connectivity index (χ2n) is 6.56. The summed E-state index contributed by atoms with van der Waals surface area (Å²) in [5.41, 5.74) is 4.43. The van der Waals surface area contributed by atoms with Crippen molar-refractivity contribution in [2.24, 2.45) is 0 Å². The monoisotopic (exact) mass is 464 g/mol. The first-order chi connectivity index (χ1) is 14.0. The molecule has 0 heterocycles. The summed E-state index contributed by atoms with van der Waals surface area (Å²) in [7, 11) is 0. The van der Waals surface area contributed by atoms with Crippen LogP contribution in [0.25, 0.3) is 6.08 Å². The first-order valence-electron chi connectivity index (χ1n) is 8.98. The van der Waals surface area contributed by atoms with Gasteiger partial charge >= 0.3 is 0 Å². The van der Waals surface area contributed by atoms with Crippen molar-refractivity contribution >= 4 is 45.2 Å². The fourth-order valence-electron chi connectivity index (χ4n) is 2.86. The van der Waals surface area contributed by atoms with E-state index >= 15 is 0 Å². The van der Waals surface area contributed by atoms with Crippen molar-refractivity contribution in [1.82, 2.24) is 0 Å². The third kappa shape index (κ3) is 5.35. The second-order valence-corrected chi connectivity index (χ2v) is 7.82. The fraction of sp³-hybridized carbons (Fsp3) is 0.0833. The molecule has 0 spiro atoms. The molecule has 3 aromatic carbocycles. The molecule has 0 fully saturated rings. The van der Waals surface area contributed by atoms with Crippen molar-refractivity contribution in [2.45, 2.75) is 13.3 Å². The molecule has 0 aliphatic heterocycles. The first-order valence-corrected chi connectivity index (χ1v) is 10.2. The molecule has 5 heteroatoms. The average molecular weight is 466 g/mol. The van der Waals surface area contributed by atoms with Crippen LogP contribution < -0.4 is 5.32 Å². The van der Waals surface area contributed by atoms with Gasteiger partial charge in [0.2, 0.25) is 0 Å². The van der Waals surface area contributed by atoms with Gasteiger partial charge in [0, 0.05) is 21.6 Å². The number of carbonyl (C=O) groups is 1. The number of amides is 1. The number of nitriles is 1. The largest absolute Gasteiger partial charge is 0.321 e. The maximum absolute atomic E-state index is 12.5. The minimum atomic E-state index is -0.449. The lowest BCUT2D eigenvalue weighted by Gasteiger charge is -2.09. The lowest BCUT2D eigenvalue weighted by atomic mass is 10.0. The highest BCUT2D eigenvalue weighted by molar-refractivity contribution is 9.10.